The van der Waals surface area contributed by atoms with Gasteiger partial charge in [0.1, 0.15) is 11.9 Å². The number of ether oxygens (including phenoxy) is 2. The Balaban J connectivity index is 1.58. The summed E-state index contributed by atoms with van der Waals surface area (Å²) in [4.78, 5) is 30.7. The minimum atomic E-state index is -0.448. The first-order valence-corrected chi connectivity index (χ1v) is 14.4. The zero-order chi connectivity index (χ0) is 28.6. The molecule has 9 heteroatoms. The van der Waals surface area contributed by atoms with E-state index in [9.17, 15) is 14.7 Å². The quantitative estimate of drug-likeness (QED) is 0.401. The molecule has 4 rings (SSSR count). The number of aliphatic hydroxyl groups excluding tert-OH is 1. The van der Waals surface area contributed by atoms with Crippen molar-refractivity contribution in [3.63, 3.8) is 0 Å². The molecule has 1 aliphatic heterocycles. The second-order valence-corrected chi connectivity index (χ2v) is 11.3. The monoisotopic (exact) mass is 552 g/mol. The van der Waals surface area contributed by atoms with Crippen LogP contribution in [0.3, 0.4) is 0 Å². The van der Waals surface area contributed by atoms with Crippen LogP contribution in [0.25, 0.3) is 0 Å². The van der Waals surface area contributed by atoms with Gasteiger partial charge in [-0.1, -0.05) is 32.3 Å². The number of hydrogen-bond acceptors (Lipinski definition) is 6. The number of nitrogens with one attached hydrogen (secondary N) is 2. The van der Waals surface area contributed by atoms with Gasteiger partial charge in [-0.2, -0.15) is 0 Å². The third-order valence-corrected chi connectivity index (χ3v) is 8.07. The summed E-state index contributed by atoms with van der Waals surface area (Å²) >= 11 is 0. The van der Waals surface area contributed by atoms with Crippen LogP contribution >= 0.6 is 0 Å². The Kier molecular flexibility index (Phi) is 10.3. The number of likely N-dealkylation sites (N-methyl/N-ethyl adjacent to an activating group) is 1. The van der Waals surface area contributed by atoms with E-state index in [1.54, 1.807) is 54.5 Å². The van der Waals surface area contributed by atoms with E-state index in [1.807, 2.05) is 6.92 Å². The fourth-order valence-corrected chi connectivity index (χ4v) is 5.71. The van der Waals surface area contributed by atoms with Gasteiger partial charge in [0.15, 0.2) is 5.75 Å². The van der Waals surface area contributed by atoms with Crippen molar-refractivity contribution in [2.45, 2.75) is 58.1 Å². The van der Waals surface area contributed by atoms with Crippen molar-refractivity contribution in [1.82, 2.24) is 9.80 Å². The fourth-order valence-electron chi connectivity index (χ4n) is 5.71. The van der Waals surface area contributed by atoms with Gasteiger partial charge in [-0.25, -0.2) is 4.79 Å². The first-order chi connectivity index (χ1) is 19.3. The summed E-state index contributed by atoms with van der Waals surface area (Å²) in [7, 11) is 3.72. The molecule has 3 atom stereocenters. The maximum Gasteiger partial charge on any atom is 0.323 e. The molecule has 1 saturated carbocycles. The topological polar surface area (TPSA) is 103 Å². The predicted molar refractivity (Wildman–Crippen MR) is 157 cm³/mol. The van der Waals surface area contributed by atoms with Gasteiger partial charge in [-0.05, 0) is 69.1 Å². The highest BCUT2D eigenvalue weighted by Gasteiger charge is 2.35. The molecule has 0 bridgehead atoms. The fraction of sp³-hybridized carbons (Fsp3) is 0.548. The zero-order valence-electron chi connectivity index (χ0n) is 24.2. The molecule has 2 aromatic rings. The molecule has 40 heavy (non-hydrogen) atoms. The number of benzene rings is 2. The summed E-state index contributed by atoms with van der Waals surface area (Å²) in [5, 5.41) is 15.6. The first kappa shape index (κ1) is 29.7. The maximum atomic E-state index is 13.7. The molecule has 0 spiro atoms. The summed E-state index contributed by atoms with van der Waals surface area (Å²) in [6.07, 6.45) is 6.23. The number of aliphatic hydroxyl groups is 1. The van der Waals surface area contributed by atoms with Crippen molar-refractivity contribution in [3.8, 4) is 11.5 Å². The molecule has 1 aliphatic carbocycles. The van der Waals surface area contributed by atoms with E-state index in [1.165, 1.54) is 32.1 Å². The summed E-state index contributed by atoms with van der Waals surface area (Å²) in [5.41, 5.74) is 1.39. The Bertz CT molecular complexity index is 1140. The Labute approximate surface area is 237 Å². The van der Waals surface area contributed by atoms with Crippen molar-refractivity contribution < 1.29 is 24.2 Å². The summed E-state index contributed by atoms with van der Waals surface area (Å²) in [6, 6.07) is 11.4. The molecular formula is C31H44N4O5. The molecule has 1 fully saturated rings. The molecule has 2 aromatic carbocycles. The van der Waals surface area contributed by atoms with Gasteiger partial charge in [0.2, 0.25) is 0 Å². The van der Waals surface area contributed by atoms with Crippen molar-refractivity contribution in [3.05, 3.63) is 48.0 Å². The van der Waals surface area contributed by atoms with Crippen molar-refractivity contribution in [1.29, 1.82) is 0 Å². The standard InChI is InChI=1S/C31H44N4O5/c1-21-17-35(22(2)20-36)30(37)26-11-8-12-27(33-31(38)32-24-13-15-25(39-4)16-14-24)29(26)40-28(21)19-34(3)18-23-9-6-5-7-10-23/h8,11-16,21-23,28,36H,5-7,9-10,17-20H2,1-4H3,(H2,32,33,38)/t21-,22-,28+/m0/s1. The summed E-state index contributed by atoms with van der Waals surface area (Å²) in [6.45, 7) is 5.97. The average molecular weight is 553 g/mol. The number of carbonyl (C=O) groups is 2. The maximum absolute atomic E-state index is 13.7. The molecule has 218 valence electrons. The summed E-state index contributed by atoms with van der Waals surface area (Å²) in [5.74, 6) is 1.52. The Morgan fingerprint density at radius 3 is 2.52 bits per heavy atom. The van der Waals surface area contributed by atoms with E-state index in [-0.39, 0.29) is 30.6 Å². The lowest BCUT2D eigenvalue weighted by molar-refractivity contribution is 0.0333. The van der Waals surface area contributed by atoms with Crippen LogP contribution in [0, 0.1) is 11.8 Å². The van der Waals surface area contributed by atoms with Crippen LogP contribution in [0.2, 0.25) is 0 Å². The summed E-state index contributed by atoms with van der Waals surface area (Å²) < 4.78 is 11.8. The number of fused-ring (bicyclic) bond motifs is 1. The van der Waals surface area contributed by atoms with Crippen LogP contribution in [0.1, 0.15) is 56.3 Å². The van der Waals surface area contributed by atoms with Crippen molar-refractivity contribution in [2.24, 2.45) is 11.8 Å². The number of urea groups is 1. The highest BCUT2D eigenvalue weighted by Crippen LogP contribution is 2.35. The first-order valence-electron chi connectivity index (χ1n) is 14.4. The van der Waals surface area contributed by atoms with Crippen molar-refractivity contribution >= 4 is 23.3 Å². The van der Waals surface area contributed by atoms with Gasteiger partial charge in [0.05, 0.1) is 31.0 Å². The smallest absolute Gasteiger partial charge is 0.323 e. The SMILES string of the molecule is COc1ccc(NC(=O)Nc2cccc3c2O[C@H](CN(C)CC2CCCCC2)[C@@H](C)CN([C@@H](C)CO)C3=O)cc1. The van der Waals surface area contributed by atoms with Crippen molar-refractivity contribution in [2.75, 3.05) is 51.0 Å². The molecule has 1 heterocycles. The minimum absolute atomic E-state index is 0.00101. The lowest BCUT2D eigenvalue weighted by atomic mass is 9.89. The van der Waals surface area contributed by atoms with Gasteiger partial charge >= 0.3 is 6.03 Å². The van der Waals surface area contributed by atoms with E-state index in [2.05, 4.69) is 29.5 Å². The Morgan fingerprint density at radius 1 is 1.12 bits per heavy atom. The highest BCUT2D eigenvalue weighted by atomic mass is 16.5. The molecule has 0 aromatic heterocycles. The molecule has 0 saturated heterocycles. The van der Waals surface area contributed by atoms with E-state index < -0.39 is 6.03 Å². The van der Waals surface area contributed by atoms with E-state index in [4.69, 9.17) is 9.47 Å². The van der Waals surface area contributed by atoms with Crippen LogP contribution in [0.5, 0.6) is 11.5 Å². The third kappa shape index (κ3) is 7.46. The van der Waals surface area contributed by atoms with Gasteiger partial charge in [-0.3, -0.25) is 4.79 Å². The van der Waals surface area contributed by atoms with Gasteiger partial charge in [0, 0.05) is 31.2 Å². The number of rotatable bonds is 9. The lowest BCUT2D eigenvalue weighted by Crippen LogP contribution is -2.50. The second kappa shape index (κ2) is 13.9. The Hall–Kier alpha value is -3.30. The van der Waals surface area contributed by atoms with Gasteiger partial charge in [0.25, 0.3) is 5.91 Å². The molecule has 9 nitrogen and oxygen atoms in total. The number of nitrogens with zero attached hydrogens (tertiary/aromatic N) is 2. The van der Waals surface area contributed by atoms with E-state index in [0.717, 1.165) is 6.54 Å². The third-order valence-electron chi connectivity index (χ3n) is 8.07. The van der Waals surface area contributed by atoms with Crippen LogP contribution in [0.4, 0.5) is 16.2 Å². The van der Waals surface area contributed by atoms with Gasteiger partial charge in [-0.15, -0.1) is 0 Å². The van der Waals surface area contributed by atoms with Crippen LogP contribution in [0.15, 0.2) is 42.5 Å². The largest absolute Gasteiger partial charge is 0.497 e. The van der Waals surface area contributed by atoms with Crippen LogP contribution in [-0.4, -0.2) is 79.4 Å². The van der Waals surface area contributed by atoms with Crippen LogP contribution < -0.4 is 20.1 Å². The number of carbonyl (C=O) groups excluding carboxylic acids is 2. The zero-order valence-corrected chi connectivity index (χ0v) is 24.2. The molecular weight excluding hydrogens is 508 g/mol. The Morgan fingerprint density at radius 2 is 1.85 bits per heavy atom. The molecule has 0 unspecified atom stereocenters. The molecule has 2 aliphatic rings. The number of methoxy groups -OCH3 is 1. The predicted octanol–water partition coefficient (Wildman–Crippen LogP) is 5.07. The van der Waals surface area contributed by atoms with Crippen LogP contribution in [-0.2, 0) is 0 Å². The second-order valence-electron chi connectivity index (χ2n) is 11.3. The lowest BCUT2D eigenvalue weighted by Gasteiger charge is -2.39. The highest BCUT2D eigenvalue weighted by molar-refractivity contribution is 6.04. The normalized spacial score (nSPS) is 20.6. The number of para-hydroxylation sites is 1. The number of amides is 3. The molecule has 3 N–H and O–H groups in total. The molecule has 3 amide bonds. The van der Waals surface area contributed by atoms with E-state index in [0.29, 0.717) is 47.4 Å². The number of hydrogen-bond donors (Lipinski definition) is 3. The average Bonchev–Trinajstić information content (AvgIpc) is 2.95. The van der Waals surface area contributed by atoms with Gasteiger partial charge < -0.3 is 35.0 Å². The number of anilines is 2. The van der Waals surface area contributed by atoms with E-state index >= 15 is 0 Å². The molecule has 0 radical (unpaired) electrons. The minimum Gasteiger partial charge on any atom is -0.497 e.